The molecule has 1 unspecified atom stereocenters. The highest BCUT2D eigenvalue weighted by Crippen LogP contribution is 2.33. The number of hydrogen-bond acceptors (Lipinski definition) is 4. The molecule has 1 atom stereocenters. The summed E-state index contributed by atoms with van der Waals surface area (Å²) in [6, 6.07) is 16.9. The Hall–Kier alpha value is -1.83. The number of ketones is 1. The second-order valence-corrected chi connectivity index (χ2v) is 13.0. The summed E-state index contributed by atoms with van der Waals surface area (Å²) < 4.78 is 31.0. The Morgan fingerprint density at radius 1 is 0.967 bits per heavy atom. The topological polar surface area (TPSA) is 63.7 Å². The number of benzene rings is 2. The zero-order chi connectivity index (χ0) is 21.9. The van der Waals surface area contributed by atoms with Crippen LogP contribution < -0.4 is 4.74 Å². The number of para-hydroxylation sites is 1. The molecule has 5 nitrogen and oxygen atoms in total. The van der Waals surface area contributed by atoms with E-state index in [9.17, 15) is 13.2 Å². The lowest BCUT2D eigenvalue weighted by Gasteiger charge is -2.33. The molecule has 0 aromatic heterocycles. The molecule has 1 aliphatic rings. The van der Waals surface area contributed by atoms with Crippen LogP contribution >= 0.6 is 0 Å². The zero-order valence-corrected chi connectivity index (χ0v) is 19.6. The van der Waals surface area contributed by atoms with Crippen LogP contribution in [-0.4, -0.2) is 54.6 Å². The molecule has 0 saturated carbocycles. The van der Waals surface area contributed by atoms with E-state index in [0.717, 1.165) is 17.3 Å². The number of ether oxygens (including phenoxy) is 1. The molecule has 1 heterocycles. The van der Waals surface area contributed by atoms with Crippen LogP contribution in [0.2, 0.25) is 0 Å². The average molecular weight is 449 g/mol. The lowest BCUT2D eigenvalue weighted by Crippen LogP contribution is -2.52. The summed E-state index contributed by atoms with van der Waals surface area (Å²) in [6.07, 6.45) is 1.25. The number of sulfonamides is 1. The van der Waals surface area contributed by atoms with Crippen molar-refractivity contribution in [3.63, 3.8) is 0 Å². The van der Waals surface area contributed by atoms with Crippen LogP contribution in [0.15, 0.2) is 54.6 Å². The second-order valence-electron chi connectivity index (χ2n) is 8.66. The molecule has 7 heteroatoms. The first-order valence-corrected chi connectivity index (χ1v) is 13.5. The number of rotatable bonds is 6. The van der Waals surface area contributed by atoms with E-state index in [1.807, 2.05) is 54.6 Å². The number of hydrogen-bond donors (Lipinski definition) is 0. The fraction of sp³-hybridized carbons (Fsp3) is 0.435. The van der Waals surface area contributed by atoms with E-state index in [0.29, 0.717) is 24.4 Å². The van der Waals surface area contributed by atoms with Crippen molar-refractivity contribution in [2.75, 3.05) is 30.9 Å². The summed E-state index contributed by atoms with van der Waals surface area (Å²) in [4.78, 5) is 13.5. The molecule has 162 valence electrons. The SMILES string of the molecule is CC(C)(C)C(C(=O)c1ccc(Oc2ccccc2)cc1)[S+]1CCN(S(C)(=O)=O)CC1. The van der Waals surface area contributed by atoms with Gasteiger partial charge in [-0.1, -0.05) is 39.0 Å². The van der Waals surface area contributed by atoms with Gasteiger partial charge in [0.2, 0.25) is 15.8 Å². The van der Waals surface area contributed by atoms with Gasteiger partial charge in [-0.25, -0.2) is 8.42 Å². The molecule has 3 rings (SSSR count). The Bertz CT molecular complexity index is 959. The van der Waals surface area contributed by atoms with Gasteiger partial charge in [0.25, 0.3) is 0 Å². The third-order valence-corrected chi connectivity index (χ3v) is 9.46. The van der Waals surface area contributed by atoms with Gasteiger partial charge in [0.1, 0.15) is 23.0 Å². The van der Waals surface area contributed by atoms with Crippen LogP contribution in [0.1, 0.15) is 31.1 Å². The maximum Gasteiger partial charge on any atom is 0.215 e. The van der Waals surface area contributed by atoms with E-state index in [1.165, 1.54) is 10.6 Å². The maximum absolute atomic E-state index is 13.5. The summed E-state index contributed by atoms with van der Waals surface area (Å²) in [7, 11) is -3.34. The van der Waals surface area contributed by atoms with Gasteiger partial charge in [0.05, 0.1) is 19.3 Å². The van der Waals surface area contributed by atoms with Crippen LogP contribution in [-0.2, 0) is 20.9 Å². The summed E-state index contributed by atoms with van der Waals surface area (Å²) in [5.41, 5.74) is 0.473. The first-order chi connectivity index (χ1) is 14.1. The minimum absolute atomic E-state index is 0.130. The van der Waals surface area contributed by atoms with Crippen molar-refractivity contribution >= 4 is 26.7 Å². The smallest absolute Gasteiger partial charge is 0.215 e. The van der Waals surface area contributed by atoms with Crippen molar-refractivity contribution in [1.29, 1.82) is 0 Å². The minimum Gasteiger partial charge on any atom is -0.457 e. The van der Waals surface area contributed by atoms with Gasteiger partial charge in [-0.3, -0.25) is 4.79 Å². The first-order valence-electron chi connectivity index (χ1n) is 10.0. The predicted molar refractivity (Wildman–Crippen MR) is 124 cm³/mol. The molecule has 0 spiro atoms. The third-order valence-electron chi connectivity index (χ3n) is 5.15. The Labute approximate surface area is 182 Å². The van der Waals surface area contributed by atoms with Gasteiger partial charge in [0.15, 0.2) is 5.25 Å². The average Bonchev–Trinajstić information content (AvgIpc) is 2.68. The Kier molecular flexibility index (Phi) is 6.95. The quantitative estimate of drug-likeness (QED) is 0.496. The third kappa shape index (κ3) is 5.65. The van der Waals surface area contributed by atoms with Crippen molar-refractivity contribution in [2.24, 2.45) is 5.41 Å². The van der Waals surface area contributed by atoms with Crippen molar-refractivity contribution in [2.45, 2.75) is 26.0 Å². The van der Waals surface area contributed by atoms with Gasteiger partial charge in [-0.15, -0.1) is 0 Å². The normalized spacial score (nSPS) is 17.5. The molecule has 2 aromatic rings. The van der Waals surface area contributed by atoms with E-state index >= 15 is 0 Å². The Morgan fingerprint density at radius 3 is 2.00 bits per heavy atom. The highest BCUT2D eigenvalue weighted by Gasteiger charge is 2.47. The van der Waals surface area contributed by atoms with Gasteiger partial charge in [-0.05, 0) is 36.4 Å². The zero-order valence-electron chi connectivity index (χ0n) is 18.0. The molecule has 0 bridgehead atoms. The van der Waals surface area contributed by atoms with Crippen LogP contribution in [0.5, 0.6) is 11.5 Å². The standard InChI is InChI=1S/C23H30NO4S2/c1-23(2,3)22(29-16-14-24(15-17-29)30(4,26)27)21(25)18-10-12-20(13-11-18)28-19-8-6-5-7-9-19/h5-13,22H,14-17H2,1-4H3/q+1. The molecule has 30 heavy (non-hydrogen) atoms. The Morgan fingerprint density at radius 2 is 1.50 bits per heavy atom. The number of carbonyl (C=O) groups is 1. The molecule has 0 amide bonds. The Balaban J connectivity index is 1.74. The molecule has 0 aliphatic carbocycles. The van der Waals surface area contributed by atoms with Gasteiger partial charge in [-0.2, -0.15) is 4.31 Å². The lowest BCUT2D eigenvalue weighted by molar-refractivity contribution is 0.0948. The van der Waals surface area contributed by atoms with Crippen molar-refractivity contribution in [3.05, 3.63) is 60.2 Å². The highest BCUT2D eigenvalue weighted by molar-refractivity contribution is 7.98. The van der Waals surface area contributed by atoms with E-state index in [-0.39, 0.29) is 27.3 Å². The highest BCUT2D eigenvalue weighted by atomic mass is 32.2. The van der Waals surface area contributed by atoms with E-state index in [2.05, 4.69) is 20.8 Å². The minimum atomic E-state index is -3.17. The van der Waals surface area contributed by atoms with Crippen LogP contribution in [0.3, 0.4) is 0 Å². The summed E-state index contributed by atoms with van der Waals surface area (Å²) in [5.74, 6) is 3.04. The number of nitrogens with zero attached hydrogens (tertiary/aromatic N) is 1. The lowest BCUT2D eigenvalue weighted by atomic mass is 9.87. The van der Waals surface area contributed by atoms with Crippen molar-refractivity contribution in [3.8, 4) is 11.5 Å². The van der Waals surface area contributed by atoms with E-state index in [1.54, 1.807) is 0 Å². The summed E-state index contributed by atoms with van der Waals surface area (Å²) >= 11 is 0. The van der Waals surface area contributed by atoms with E-state index in [4.69, 9.17) is 4.74 Å². The molecule has 0 N–H and O–H groups in total. The van der Waals surface area contributed by atoms with Gasteiger partial charge >= 0.3 is 0 Å². The number of Topliss-reactive ketones (excluding diaryl/α,β-unsaturated/α-hetero) is 1. The van der Waals surface area contributed by atoms with E-state index < -0.39 is 10.0 Å². The van der Waals surface area contributed by atoms with Crippen molar-refractivity contribution in [1.82, 2.24) is 4.31 Å². The monoisotopic (exact) mass is 448 g/mol. The van der Waals surface area contributed by atoms with Crippen LogP contribution in [0.4, 0.5) is 0 Å². The summed E-state index contributed by atoms with van der Waals surface area (Å²) in [5, 5.41) is -0.139. The largest absolute Gasteiger partial charge is 0.457 e. The maximum atomic E-state index is 13.5. The molecule has 1 saturated heterocycles. The van der Waals surface area contributed by atoms with Crippen molar-refractivity contribution < 1.29 is 17.9 Å². The van der Waals surface area contributed by atoms with Gasteiger partial charge < -0.3 is 4.74 Å². The first kappa shape index (κ1) is 22.8. The molecular formula is C23H30NO4S2+. The predicted octanol–water partition coefficient (Wildman–Crippen LogP) is 3.97. The molecular weight excluding hydrogens is 418 g/mol. The molecule has 2 aromatic carbocycles. The molecule has 1 fully saturated rings. The second kappa shape index (κ2) is 9.12. The van der Waals surface area contributed by atoms with Crippen LogP contribution in [0.25, 0.3) is 0 Å². The fourth-order valence-corrected chi connectivity index (χ4v) is 7.83. The molecule has 0 radical (unpaired) electrons. The number of carbonyl (C=O) groups excluding carboxylic acids is 1. The fourth-order valence-electron chi connectivity index (χ4n) is 3.73. The summed E-state index contributed by atoms with van der Waals surface area (Å²) in [6.45, 7) is 7.27. The van der Waals surface area contributed by atoms with Crippen LogP contribution in [0, 0.1) is 5.41 Å². The van der Waals surface area contributed by atoms with Gasteiger partial charge in [0, 0.05) is 21.9 Å². The molecule has 1 aliphatic heterocycles.